The number of thiazole rings is 1. The Bertz CT molecular complexity index is 1080. The number of aryl methyl sites for hydroxylation is 3. The highest BCUT2D eigenvalue weighted by atomic mass is 32.1. The molecule has 0 saturated heterocycles. The number of benzene rings is 1. The highest BCUT2D eigenvalue weighted by Gasteiger charge is 2.26. The summed E-state index contributed by atoms with van der Waals surface area (Å²) < 4.78 is 11.6. The fourth-order valence-corrected chi connectivity index (χ4v) is 3.73. The Morgan fingerprint density at radius 1 is 1.23 bits per heavy atom. The molecule has 0 fully saturated rings. The molecule has 0 spiro atoms. The van der Waals surface area contributed by atoms with Gasteiger partial charge in [0.25, 0.3) is 5.91 Å². The minimum absolute atomic E-state index is 0.182. The van der Waals surface area contributed by atoms with Crippen molar-refractivity contribution in [2.24, 2.45) is 0 Å². The second-order valence-corrected chi connectivity index (χ2v) is 7.16. The molecule has 26 heavy (non-hydrogen) atoms. The van der Waals surface area contributed by atoms with Gasteiger partial charge in [-0.2, -0.15) is 0 Å². The minimum atomic E-state index is -0.296. The summed E-state index contributed by atoms with van der Waals surface area (Å²) in [6.07, 6.45) is 1.59. The van der Waals surface area contributed by atoms with Crippen molar-refractivity contribution in [3.63, 3.8) is 0 Å². The highest BCUT2D eigenvalue weighted by Crippen LogP contribution is 2.33. The van der Waals surface area contributed by atoms with E-state index in [0.29, 0.717) is 16.6 Å². The van der Waals surface area contributed by atoms with Gasteiger partial charge in [0.15, 0.2) is 5.13 Å². The van der Waals surface area contributed by atoms with Gasteiger partial charge in [0.05, 0.1) is 28.7 Å². The quantitative estimate of drug-likeness (QED) is 0.525. The third-order valence-corrected chi connectivity index (χ3v) is 5.33. The monoisotopic (exact) mass is 367 g/mol. The fourth-order valence-electron chi connectivity index (χ4n) is 2.71. The van der Waals surface area contributed by atoms with E-state index in [0.717, 1.165) is 15.8 Å². The number of amides is 1. The number of carbonyl (C=O) groups is 1. The first-order valence-electron chi connectivity index (χ1n) is 8.17. The van der Waals surface area contributed by atoms with Crippen LogP contribution in [0.5, 0.6) is 0 Å². The topological polar surface area (TPSA) is 72.4 Å². The Kier molecular flexibility index (Phi) is 4.08. The lowest BCUT2D eigenvalue weighted by Gasteiger charge is -2.16. The van der Waals surface area contributed by atoms with Crippen LogP contribution in [-0.4, -0.2) is 16.0 Å². The van der Waals surface area contributed by atoms with Crippen LogP contribution in [0.25, 0.3) is 10.2 Å². The van der Waals surface area contributed by atoms with Crippen LogP contribution in [0, 0.1) is 20.8 Å². The van der Waals surface area contributed by atoms with Gasteiger partial charge in [-0.3, -0.25) is 9.69 Å². The van der Waals surface area contributed by atoms with E-state index in [4.69, 9.17) is 13.9 Å². The molecular formula is C19H17N3O3S. The molecule has 4 rings (SSSR count). The number of nitrogens with zero attached hydrogens (tertiary/aromatic N) is 3. The van der Waals surface area contributed by atoms with E-state index < -0.39 is 0 Å². The second kappa shape index (κ2) is 6.42. The first-order chi connectivity index (χ1) is 12.5. The van der Waals surface area contributed by atoms with Gasteiger partial charge in [-0.05, 0) is 50.1 Å². The predicted octanol–water partition coefficient (Wildman–Crippen LogP) is 4.65. The minimum Gasteiger partial charge on any atom is -0.467 e. The molecule has 0 radical (unpaired) electrons. The molecule has 0 atom stereocenters. The van der Waals surface area contributed by atoms with Crippen LogP contribution in [-0.2, 0) is 6.54 Å². The summed E-state index contributed by atoms with van der Waals surface area (Å²) in [6.45, 7) is 6.14. The van der Waals surface area contributed by atoms with E-state index in [1.165, 1.54) is 16.9 Å². The van der Waals surface area contributed by atoms with Crippen molar-refractivity contribution in [2.75, 3.05) is 4.90 Å². The summed E-state index contributed by atoms with van der Waals surface area (Å²) in [7, 11) is 0. The first-order valence-corrected chi connectivity index (χ1v) is 8.99. The Morgan fingerprint density at radius 2 is 2.08 bits per heavy atom. The van der Waals surface area contributed by atoms with E-state index in [-0.39, 0.29) is 18.2 Å². The molecule has 0 bridgehead atoms. The number of anilines is 1. The van der Waals surface area contributed by atoms with Crippen molar-refractivity contribution < 1.29 is 13.7 Å². The maximum Gasteiger partial charge on any atom is 0.299 e. The third-order valence-electron chi connectivity index (χ3n) is 4.28. The summed E-state index contributed by atoms with van der Waals surface area (Å²) >= 11 is 1.47. The largest absolute Gasteiger partial charge is 0.467 e. The SMILES string of the molecule is Cc1cc(C(=O)N(Cc2ccco2)c2nc3c(C)c(C)ccc3s2)on1. The van der Waals surface area contributed by atoms with Crippen LogP contribution < -0.4 is 4.90 Å². The zero-order valence-corrected chi connectivity index (χ0v) is 15.5. The third kappa shape index (κ3) is 2.90. The van der Waals surface area contributed by atoms with Gasteiger partial charge in [-0.15, -0.1) is 0 Å². The average Bonchev–Trinajstić information content (AvgIpc) is 3.36. The van der Waals surface area contributed by atoms with E-state index in [2.05, 4.69) is 18.1 Å². The van der Waals surface area contributed by atoms with E-state index >= 15 is 0 Å². The van der Waals surface area contributed by atoms with Gasteiger partial charge in [-0.1, -0.05) is 22.6 Å². The van der Waals surface area contributed by atoms with Crippen LogP contribution in [0.1, 0.15) is 33.1 Å². The molecule has 0 unspecified atom stereocenters. The number of furan rings is 1. The van der Waals surface area contributed by atoms with Gasteiger partial charge in [-0.25, -0.2) is 4.98 Å². The summed E-state index contributed by atoms with van der Waals surface area (Å²) in [5.41, 5.74) is 3.85. The van der Waals surface area contributed by atoms with Gasteiger partial charge in [0.2, 0.25) is 5.76 Å². The zero-order chi connectivity index (χ0) is 18.3. The zero-order valence-electron chi connectivity index (χ0n) is 14.6. The molecule has 0 saturated carbocycles. The molecule has 7 heteroatoms. The van der Waals surface area contributed by atoms with Crippen LogP contribution in [0.4, 0.5) is 5.13 Å². The molecular weight excluding hydrogens is 350 g/mol. The highest BCUT2D eigenvalue weighted by molar-refractivity contribution is 7.22. The molecule has 132 valence electrons. The second-order valence-electron chi connectivity index (χ2n) is 6.15. The van der Waals surface area contributed by atoms with Gasteiger partial charge >= 0.3 is 0 Å². The Labute approximate surface area is 154 Å². The van der Waals surface area contributed by atoms with Crippen LogP contribution in [0.3, 0.4) is 0 Å². The summed E-state index contributed by atoms with van der Waals surface area (Å²) in [4.78, 5) is 19.3. The van der Waals surface area contributed by atoms with Crippen molar-refractivity contribution in [3.8, 4) is 0 Å². The molecule has 3 heterocycles. The number of rotatable bonds is 4. The number of hydrogen-bond donors (Lipinski definition) is 0. The first kappa shape index (κ1) is 16.5. The van der Waals surface area contributed by atoms with Gasteiger partial charge < -0.3 is 8.94 Å². The number of aromatic nitrogens is 2. The number of carbonyl (C=O) groups excluding carboxylic acids is 1. The van der Waals surface area contributed by atoms with Gasteiger partial charge in [0, 0.05) is 6.07 Å². The van der Waals surface area contributed by atoms with E-state index in [1.807, 2.05) is 19.1 Å². The normalized spacial score (nSPS) is 11.2. The molecule has 4 aromatic rings. The summed E-state index contributed by atoms with van der Waals surface area (Å²) in [5, 5.41) is 4.42. The number of hydrogen-bond acceptors (Lipinski definition) is 6. The molecule has 3 aromatic heterocycles. The van der Waals surface area contributed by atoms with Crippen molar-refractivity contribution in [2.45, 2.75) is 27.3 Å². The summed E-state index contributed by atoms with van der Waals surface area (Å²) in [5.74, 6) is 0.554. The Hall–Kier alpha value is -2.93. The fraction of sp³-hybridized carbons (Fsp3) is 0.211. The maximum absolute atomic E-state index is 13.0. The van der Waals surface area contributed by atoms with Crippen molar-refractivity contribution >= 4 is 32.6 Å². The molecule has 0 aliphatic heterocycles. The van der Waals surface area contributed by atoms with E-state index in [1.54, 1.807) is 30.2 Å². The molecule has 1 amide bonds. The van der Waals surface area contributed by atoms with Crippen molar-refractivity contribution in [1.82, 2.24) is 10.1 Å². The van der Waals surface area contributed by atoms with Gasteiger partial charge in [0.1, 0.15) is 5.76 Å². The maximum atomic E-state index is 13.0. The standard InChI is InChI=1S/C19H17N3O3S/c1-11-6-7-16-17(13(11)3)20-19(26-16)22(10-14-5-4-8-24-14)18(23)15-9-12(2)21-25-15/h4-9H,10H2,1-3H3. The Balaban J connectivity index is 1.79. The van der Waals surface area contributed by atoms with Crippen LogP contribution in [0.15, 0.2) is 45.5 Å². The Morgan fingerprint density at radius 3 is 2.77 bits per heavy atom. The lowest BCUT2D eigenvalue weighted by molar-refractivity contribution is 0.0947. The number of fused-ring (bicyclic) bond motifs is 1. The molecule has 0 N–H and O–H groups in total. The van der Waals surface area contributed by atoms with Crippen LogP contribution in [0.2, 0.25) is 0 Å². The molecule has 6 nitrogen and oxygen atoms in total. The molecule has 1 aromatic carbocycles. The molecule has 0 aliphatic carbocycles. The molecule has 0 aliphatic rings. The van der Waals surface area contributed by atoms with Crippen molar-refractivity contribution in [3.05, 3.63) is 64.9 Å². The van der Waals surface area contributed by atoms with Crippen LogP contribution >= 0.6 is 11.3 Å². The van der Waals surface area contributed by atoms with E-state index in [9.17, 15) is 4.79 Å². The lowest BCUT2D eigenvalue weighted by atomic mass is 10.1. The lowest BCUT2D eigenvalue weighted by Crippen LogP contribution is -2.29. The van der Waals surface area contributed by atoms with Crippen molar-refractivity contribution in [1.29, 1.82) is 0 Å². The average molecular weight is 367 g/mol. The smallest absolute Gasteiger partial charge is 0.299 e. The predicted molar refractivity (Wildman–Crippen MR) is 99.6 cm³/mol. The summed E-state index contributed by atoms with van der Waals surface area (Å²) in [6, 6.07) is 9.35.